The molecule has 0 atom stereocenters. The lowest BCUT2D eigenvalue weighted by Gasteiger charge is -2.27. The van der Waals surface area contributed by atoms with Crippen molar-refractivity contribution >= 4 is 11.7 Å². The van der Waals surface area contributed by atoms with Crippen LogP contribution >= 0.6 is 0 Å². The molecule has 142 valence electrons. The summed E-state index contributed by atoms with van der Waals surface area (Å²) in [6.07, 6.45) is 1.67. The van der Waals surface area contributed by atoms with Crippen molar-refractivity contribution in [3.63, 3.8) is 0 Å². The largest absolute Gasteiger partial charge is 0.382 e. The van der Waals surface area contributed by atoms with Gasteiger partial charge in [-0.1, -0.05) is 42.0 Å². The molecule has 1 aliphatic heterocycles. The van der Waals surface area contributed by atoms with Gasteiger partial charge >= 0.3 is 0 Å². The first-order valence-electron chi connectivity index (χ1n) is 9.42. The van der Waals surface area contributed by atoms with Gasteiger partial charge < -0.3 is 16.0 Å². The maximum Gasteiger partial charge on any atom is 0.253 e. The normalized spacial score (nSPS) is 14.1. The molecule has 2 heterocycles. The van der Waals surface area contributed by atoms with Gasteiger partial charge in [-0.25, -0.2) is 9.97 Å². The van der Waals surface area contributed by atoms with Gasteiger partial charge in [-0.15, -0.1) is 0 Å². The number of hydrogen-bond donors (Lipinski definition) is 2. The number of hydrogen-bond acceptors (Lipinski definition) is 5. The maximum atomic E-state index is 12.6. The fourth-order valence-electron chi connectivity index (χ4n) is 3.30. The number of rotatable bonds is 3. The minimum absolute atomic E-state index is 0.0665. The Labute approximate surface area is 164 Å². The minimum Gasteiger partial charge on any atom is -0.382 e. The van der Waals surface area contributed by atoms with E-state index < -0.39 is 0 Å². The highest BCUT2D eigenvalue weighted by molar-refractivity contribution is 5.94. The highest BCUT2D eigenvalue weighted by atomic mass is 16.2. The molecule has 0 radical (unpaired) electrons. The number of carbonyl (C=O) groups excluding carboxylic acids is 1. The van der Waals surface area contributed by atoms with Crippen LogP contribution in [0, 0.1) is 6.92 Å². The van der Waals surface area contributed by atoms with Gasteiger partial charge in [-0.05, 0) is 19.1 Å². The second-order valence-corrected chi connectivity index (χ2v) is 6.97. The molecule has 0 bridgehead atoms. The molecule has 1 saturated heterocycles. The number of benzene rings is 2. The van der Waals surface area contributed by atoms with Crippen molar-refractivity contribution in [2.75, 3.05) is 31.9 Å². The number of nitrogens with one attached hydrogen (secondary N) is 1. The molecule has 6 heteroatoms. The van der Waals surface area contributed by atoms with Gasteiger partial charge in [-0.3, -0.25) is 4.79 Å². The molecule has 28 heavy (non-hydrogen) atoms. The summed E-state index contributed by atoms with van der Waals surface area (Å²) in [5.74, 6) is 0.467. The van der Waals surface area contributed by atoms with E-state index in [1.54, 1.807) is 6.20 Å². The molecule has 1 aliphatic rings. The number of nitrogens with zero attached hydrogens (tertiary/aromatic N) is 3. The number of aromatic nitrogens is 2. The molecule has 3 N–H and O–H groups in total. The van der Waals surface area contributed by atoms with E-state index in [4.69, 9.17) is 10.7 Å². The Morgan fingerprint density at radius 2 is 1.64 bits per heavy atom. The Balaban J connectivity index is 1.60. The molecule has 2 aromatic carbocycles. The first kappa shape index (κ1) is 18.1. The van der Waals surface area contributed by atoms with Crippen molar-refractivity contribution in [2.45, 2.75) is 6.92 Å². The Bertz CT molecular complexity index is 977. The minimum atomic E-state index is 0.0665. The molecule has 0 aliphatic carbocycles. The number of amides is 1. The molecular weight excluding hydrogens is 350 g/mol. The first-order chi connectivity index (χ1) is 13.6. The fraction of sp³-hybridized carbons (Fsp3) is 0.227. The number of carbonyl (C=O) groups is 1. The molecule has 3 aromatic rings. The van der Waals surface area contributed by atoms with Gasteiger partial charge in [-0.2, -0.15) is 0 Å². The summed E-state index contributed by atoms with van der Waals surface area (Å²) in [6.45, 7) is 5.20. The van der Waals surface area contributed by atoms with Gasteiger partial charge in [0.05, 0.1) is 11.9 Å². The standard InChI is InChI=1S/C22H23N5O/c1-15-2-4-17(5-3-15)20-21(23)25-14-19(26-20)16-6-8-18(9-7-16)22(28)27-12-10-24-11-13-27/h2-9,14,24H,10-13H2,1H3,(H2,23,25). The third-order valence-corrected chi connectivity index (χ3v) is 4.96. The monoisotopic (exact) mass is 373 g/mol. The van der Waals surface area contributed by atoms with Crippen LogP contribution in [0.15, 0.2) is 54.7 Å². The second-order valence-electron chi connectivity index (χ2n) is 6.97. The van der Waals surface area contributed by atoms with Crippen LogP contribution in [0.3, 0.4) is 0 Å². The lowest BCUT2D eigenvalue weighted by atomic mass is 10.1. The average Bonchev–Trinajstić information content (AvgIpc) is 2.75. The summed E-state index contributed by atoms with van der Waals surface area (Å²) >= 11 is 0. The number of nitrogens with two attached hydrogens (primary N) is 1. The molecule has 1 aromatic heterocycles. The average molecular weight is 373 g/mol. The summed E-state index contributed by atoms with van der Waals surface area (Å²) in [5, 5.41) is 3.26. The van der Waals surface area contributed by atoms with Gasteiger partial charge in [0, 0.05) is 42.9 Å². The number of anilines is 1. The van der Waals surface area contributed by atoms with Crippen molar-refractivity contribution in [3.05, 3.63) is 65.9 Å². The lowest BCUT2D eigenvalue weighted by molar-refractivity contribution is 0.0736. The first-order valence-corrected chi connectivity index (χ1v) is 9.42. The molecule has 1 amide bonds. The van der Waals surface area contributed by atoms with E-state index in [0.29, 0.717) is 17.1 Å². The van der Waals surface area contributed by atoms with E-state index in [-0.39, 0.29) is 5.91 Å². The quantitative estimate of drug-likeness (QED) is 0.737. The van der Waals surface area contributed by atoms with E-state index in [0.717, 1.165) is 43.0 Å². The van der Waals surface area contributed by atoms with Crippen molar-refractivity contribution < 1.29 is 4.79 Å². The Morgan fingerprint density at radius 1 is 1.00 bits per heavy atom. The van der Waals surface area contributed by atoms with Gasteiger partial charge in [0.1, 0.15) is 11.5 Å². The van der Waals surface area contributed by atoms with E-state index in [1.807, 2.05) is 60.4 Å². The number of aryl methyl sites for hydroxylation is 1. The van der Waals surface area contributed by atoms with Crippen LogP contribution in [-0.4, -0.2) is 47.0 Å². The maximum absolute atomic E-state index is 12.6. The molecular formula is C22H23N5O. The van der Waals surface area contributed by atoms with Crippen molar-refractivity contribution in [3.8, 4) is 22.5 Å². The molecule has 0 spiro atoms. The molecule has 4 rings (SSSR count). The summed E-state index contributed by atoms with van der Waals surface area (Å²) in [5.41, 5.74) is 11.1. The zero-order valence-corrected chi connectivity index (χ0v) is 15.9. The van der Waals surface area contributed by atoms with Crippen LogP contribution in [-0.2, 0) is 0 Å². The van der Waals surface area contributed by atoms with Crippen LogP contribution in [0.4, 0.5) is 5.82 Å². The highest BCUT2D eigenvalue weighted by Gasteiger charge is 2.18. The fourth-order valence-corrected chi connectivity index (χ4v) is 3.30. The van der Waals surface area contributed by atoms with Crippen LogP contribution in [0.2, 0.25) is 0 Å². The molecule has 1 fully saturated rings. The van der Waals surface area contributed by atoms with Crippen LogP contribution in [0.25, 0.3) is 22.5 Å². The highest BCUT2D eigenvalue weighted by Crippen LogP contribution is 2.26. The Morgan fingerprint density at radius 3 is 2.32 bits per heavy atom. The molecule has 0 saturated carbocycles. The van der Waals surface area contributed by atoms with Crippen LogP contribution in [0.5, 0.6) is 0 Å². The summed E-state index contributed by atoms with van der Waals surface area (Å²) < 4.78 is 0. The lowest BCUT2D eigenvalue weighted by Crippen LogP contribution is -2.46. The third-order valence-electron chi connectivity index (χ3n) is 4.96. The van der Waals surface area contributed by atoms with E-state index >= 15 is 0 Å². The zero-order valence-electron chi connectivity index (χ0n) is 15.9. The molecule has 6 nitrogen and oxygen atoms in total. The van der Waals surface area contributed by atoms with Gasteiger partial charge in [0.2, 0.25) is 0 Å². The third kappa shape index (κ3) is 3.73. The van der Waals surface area contributed by atoms with Gasteiger partial charge in [0.15, 0.2) is 0 Å². The number of piperazine rings is 1. The summed E-state index contributed by atoms with van der Waals surface area (Å²) in [4.78, 5) is 23.5. The summed E-state index contributed by atoms with van der Waals surface area (Å²) in [6, 6.07) is 15.6. The van der Waals surface area contributed by atoms with Crippen molar-refractivity contribution in [1.82, 2.24) is 20.2 Å². The van der Waals surface area contributed by atoms with E-state index in [9.17, 15) is 4.79 Å². The van der Waals surface area contributed by atoms with Crippen molar-refractivity contribution in [2.24, 2.45) is 0 Å². The predicted octanol–water partition coefficient (Wildman–Crippen LogP) is 2.75. The second kappa shape index (κ2) is 7.78. The predicted molar refractivity (Wildman–Crippen MR) is 111 cm³/mol. The van der Waals surface area contributed by atoms with Crippen molar-refractivity contribution in [1.29, 1.82) is 0 Å². The van der Waals surface area contributed by atoms with Gasteiger partial charge in [0.25, 0.3) is 5.91 Å². The zero-order chi connectivity index (χ0) is 19.5. The van der Waals surface area contributed by atoms with Crippen LogP contribution in [0.1, 0.15) is 15.9 Å². The Hall–Kier alpha value is -3.25. The van der Waals surface area contributed by atoms with E-state index in [2.05, 4.69) is 10.3 Å². The number of nitrogen functional groups attached to an aromatic ring is 1. The van der Waals surface area contributed by atoms with Crippen LogP contribution < -0.4 is 11.1 Å². The smallest absolute Gasteiger partial charge is 0.253 e. The summed E-state index contributed by atoms with van der Waals surface area (Å²) in [7, 11) is 0. The SMILES string of the molecule is Cc1ccc(-c2nc(-c3ccc(C(=O)N4CCNCC4)cc3)cnc2N)cc1. The molecule has 0 unspecified atom stereocenters. The Kier molecular flexibility index (Phi) is 5.04. The topological polar surface area (TPSA) is 84.1 Å². The van der Waals surface area contributed by atoms with E-state index in [1.165, 1.54) is 5.56 Å².